The normalized spacial score (nSPS) is 22.1. The van der Waals surface area contributed by atoms with E-state index in [4.69, 9.17) is 4.74 Å². The first-order chi connectivity index (χ1) is 7.57. The molecular formula is C14H21NO. The summed E-state index contributed by atoms with van der Waals surface area (Å²) in [6, 6.07) is 8.82. The fourth-order valence-electron chi connectivity index (χ4n) is 1.98. The minimum Gasteiger partial charge on any atom is -0.371 e. The SMILES string of the molecule is CC(C)(C)c1ccc(C2CNCCO2)cc1. The van der Waals surface area contributed by atoms with Crippen LogP contribution < -0.4 is 5.32 Å². The molecule has 1 aliphatic rings. The highest BCUT2D eigenvalue weighted by atomic mass is 16.5. The highest BCUT2D eigenvalue weighted by molar-refractivity contribution is 5.29. The molecule has 16 heavy (non-hydrogen) atoms. The van der Waals surface area contributed by atoms with Crippen molar-refractivity contribution in [1.29, 1.82) is 0 Å². The van der Waals surface area contributed by atoms with Gasteiger partial charge in [0.05, 0.1) is 12.7 Å². The smallest absolute Gasteiger partial charge is 0.0949 e. The van der Waals surface area contributed by atoms with Crippen LogP contribution in [0.2, 0.25) is 0 Å². The van der Waals surface area contributed by atoms with Crippen LogP contribution in [-0.4, -0.2) is 19.7 Å². The summed E-state index contributed by atoms with van der Waals surface area (Å²) in [5, 5.41) is 3.35. The molecule has 1 aliphatic heterocycles. The van der Waals surface area contributed by atoms with Crippen LogP contribution in [0.4, 0.5) is 0 Å². The Hall–Kier alpha value is -0.860. The van der Waals surface area contributed by atoms with Crippen molar-refractivity contribution in [1.82, 2.24) is 5.32 Å². The lowest BCUT2D eigenvalue weighted by Crippen LogP contribution is -2.33. The van der Waals surface area contributed by atoms with Crippen LogP contribution in [0, 0.1) is 0 Å². The second-order valence-corrected chi connectivity index (χ2v) is 5.44. The van der Waals surface area contributed by atoms with Gasteiger partial charge in [-0.25, -0.2) is 0 Å². The molecule has 1 heterocycles. The second kappa shape index (κ2) is 4.56. The molecule has 0 bridgehead atoms. The summed E-state index contributed by atoms with van der Waals surface area (Å²) >= 11 is 0. The zero-order valence-corrected chi connectivity index (χ0v) is 10.4. The van der Waals surface area contributed by atoms with Crippen LogP contribution in [0.1, 0.15) is 38.0 Å². The first-order valence-corrected chi connectivity index (χ1v) is 6.00. The second-order valence-electron chi connectivity index (χ2n) is 5.44. The van der Waals surface area contributed by atoms with Gasteiger partial charge in [0, 0.05) is 13.1 Å². The highest BCUT2D eigenvalue weighted by Gasteiger charge is 2.17. The lowest BCUT2D eigenvalue weighted by molar-refractivity contribution is 0.0277. The van der Waals surface area contributed by atoms with E-state index in [1.807, 2.05) is 0 Å². The fraction of sp³-hybridized carbons (Fsp3) is 0.571. The van der Waals surface area contributed by atoms with Gasteiger partial charge in [0.2, 0.25) is 0 Å². The molecule has 0 aromatic heterocycles. The van der Waals surface area contributed by atoms with Crippen molar-refractivity contribution in [3.05, 3.63) is 35.4 Å². The van der Waals surface area contributed by atoms with Gasteiger partial charge in [-0.05, 0) is 16.5 Å². The molecule has 1 N–H and O–H groups in total. The number of benzene rings is 1. The molecule has 1 atom stereocenters. The third-order valence-corrected chi connectivity index (χ3v) is 3.08. The molecule has 1 fully saturated rings. The van der Waals surface area contributed by atoms with Crippen molar-refractivity contribution in [2.24, 2.45) is 0 Å². The maximum atomic E-state index is 5.73. The van der Waals surface area contributed by atoms with E-state index in [1.54, 1.807) is 0 Å². The van der Waals surface area contributed by atoms with Gasteiger partial charge in [-0.3, -0.25) is 0 Å². The van der Waals surface area contributed by atoms with Gasteiger partial charge in [0.25, 0.3) is 0 Å². The van der Waals surface area contributed by atoms with Crippen molar-refractivity contribution >= 4 is 0 Å². The third kappa shape index (κ3) is 2.63. The Balaban J connectivity index is 2.12. The van der Waals surface area contributed by atoms with Gasteiger partial charge in [0.1, 0.15) is 0 Å². The Kier molecular flexibility index (Phi) is 3.31. The first-order valence-electron chi connectivity index (χ1n) is 6.00. The van der Waals surface area contributed by atoms with Gasteiger partial charge in [-0.15, -0.1) is 0 Å². The topological polar surface area (TPSA) is 21.3 Å². The Morgan fingerprint density at radius 1 is 1.19 bits per heavy atom. The van der Waals surface area contributed by atoms with Gasteiger partial charge >= 0.3 is 0 Å². The van der Waals surface area contributed by atoms with Crippen LogP contribution in [0.15, 0.2) is 24.3 Å². The lowest BCUT2D eigenvalue weighted by Gasteiger charge is -2.25. The standard InChI is InChI=1S/C14H21NO/c1-14(2,3)12-6-4-11(5-7-12)13-10-15-8-9-16-13/h4-7,13,15H,8-10H2,1-3H3. The molecule has 1 aromatic carbocycles. The molecule has 0 radical (unpaired) electrons. The van der Waals surface area contributed by atoms with Crippen molar-refractivity contribution in [3.8, 4) is 0 Å². The third-order valence-electron chi connectivity index (χ3n) is 3.08. The maximum Gasteiger partial charge on any atom is 0.0949 e. The molecule has 2 rings (SSSR count). The van der Waals surface area contributed by atoms with Crippen LogP contribution in [-0.2, 0) is 10.2 Å². The molecule has 2 nitrogen and oxygen atoms in total. The molecule has 88 valence electrons. The fourth-order valence-corrected chi connectivity index (χ4v) is 1.98. The van der Waals surface area contributed by atoms with Crippen LogP contribution in [0.3, 0.4) is 0 Å². The number of rotatable bonds is 1. The van der Waals surface area contributed by atoms with E-state index in [0.29, 0.717) is 0 Å². The van der Waals surface area contributed by atoms with Gasteiger partial charge in [0.15, 0.2) is 0 Å². The van der Waals surface area contributed by atoms with E-state index in [0.717, 1.165) is 19.7 Å². The summed E-state index contributed by atoms with van der Waals surface area (Å²) in [5.41, 5.74) is 2.88. The molecule has 2 heteroatoms. The van der Waals surface area contributed by atoms with E-state index in [1.165, 1.54) is 11.1 Å². The predicted octanol–water partition coefficient (Wildman–Crippen LogP) is 2.65. The van der Waals surface area contributed by atoms with E-state index in [9.17, 15) is 0 Å². The Morgan fingerprint density at radius 2 is 1.88 bits per heavy atom. The highest BCUT2D eigenvalue weighted by Crippen LogP contribution is 2.25. The molecule has 0 amide bonds. The minimum absolute atomic E-state index is 0.225. The molecular weight excluding hydrogens is 198 g/mol. The van der Waals surface area contributed by atoms with E-state index in [2.05, 4.69) is 50.4 Å². The summed E-state index contributed by atoms with van der Waals surface area (Å²) in [6.45, 7) is 9.42. The Bertz CT molecular complexity index is 331. The molecule has 0 saturated carbocycles. The number of hydrogen-bond donors (Lipinski definition) is 1. The van der Waals surface area contributed by atoms with Crippen molar-refractivity contribution in [2.45, 2.75) is 32.3 Å². The molecule has 1 saturated heterocycles. The number of ether oxygens (including phenoxy) is 1. The number of nitrogens with one attached hydrogen (secondary N) is 1. The van der Waals surface area contributed by atoms with Crippen LogP contribution in [0.25, 0.3) is 0 Å². The summed E-state index contributed by atoms with van der Waals surface area (Å²) in [6.07, 6.45) is 0.225. The first kappa shape index (κ1) is 11.6. The Morgan fingerprint density at radius 3 is 2.38 bits per heavy atom. The van der Waals surface area contributed by atoms with Crippen molar-refractivity contribution in [3.63, 3.8) is 0 Å². The molecule has 0 spiro atoms. The van der Waals surface area contributed by atoms with Gasteiger partial charge in [-0.1, -0.05) is 45.0 Å². The van der Waals surface area contributed by atoms with Crippen molar-refractivity contribution in [2.75, 3.05) is 19.7 Å². The van der Waals surface area contributed by atoms with Gasteiger partial charge < -0.3 is 10.1 Å². The minimum atomic E-state index is 0.225. The van der Waals surface area contributed by atoms with E-state index in [-0.39, 0.29) is 11.5 Å². The largest absolute Gasteiger partial charge is 0.371 e. The summed E-state index contributed by atoms with van der Waals surface area (Å²) in [5.74, 6) is 0. The number of hydrogen-bond acceptors (Lipinski definition) is 2. The van der Waals surface area contributed by atoms with Crippen LogP contribution >= 0.6 is 0 Å². The maximum absolute atomic E-state index is 5.73. The van der Waals surface area contributed by atoms with E-state index < -0.39 is 0 Å². The predicted molar refractivity (Wildman–Crippen MR) is 66.7 cm³/mol. The Labute approximate surface area is 98.0 Å². The summed E-state index contributed by atoms with van der Waals surface area (Å²) < 4.78 is 5.73. The average molecular weight is 219 g/mol. The molecule has 0 aliphatic carbocycles. The molecule has 1 unspecified atom stereocenters. The lowest BCUT2D eigenvalue weighted by atomic mass is 9.86. The summed E-state index contributed by atoms with van der Waals surface area (Å²) in [7, 11) is 0. The van der Waals surface area contributed by atoms with Crippen molar-refractivity contribution < 1.29 is 4.74 Å². The zero-order valence-electron chi connectivity index (χ0n) is 10.4. The average Bonchev–Trinajstić information content (AvgIpc) is 2.29. The molecule has 1 aromatic rings. The quantitative estimate of drug-likeness (QED) is 0.784. The van der Waals surface area contributed by atoms with Crippen LogP contribution in [0.5, 0.6) is 0 Å². The zero-order chi connectivity index (χ0) is 11.6. The van der Waals surface area contributed by atoms with Gasteiger partial charge in [-0.2, -0.15) is 0 Å². The van der Waals surface area contributed by atoms with E-state index >= 15 is 0 Å². The monoisotopic (exact) mass is 219 g/mol. The number of morpholine rings is 1. The summed E-state index contributed by atoms with van der Waals surface area (Å²) in [4.78, 5) is 0.